The molecule has 1 saturated heterocycles. The van der Waals surface area contributed by atoms with Crippen LogP contribution in [-0.2, 0) is 4.79 Å². The lowest BCUT2D eigenvalue weighted by Gasteiger charge is -2.24. The van der Waals surface area contributed by atoms with E-state index in [1.165, 1.54) is 11.8 Å². The highest BCUT2D eigenvalue weighted by Gasteiger charge is 2.43. The average molecular weight is 291 g/mol. The lowest BCUT2D eigenvalue weighted by atomic mass is 9.98. The van der Waals surface area contributed by atoms with Crippen molar-refractivity contribution in [3.05, 3.63) is 30.0 Å². The Morgan fingerprint density at radius 2 is 2.30 bits per heavy atom. The highest BCUT2D eigenvalue weighted by molar-refractivity contribution is 7.99. The molecule has 20 heavy (non-hydrogen) atoms. The molecule has 3 rings (SSSR count). The number of aromatic nitrogens is 2. The zero-order valence-corrected chi connectivity index (χ0v) is 11.4. The molecule has 2 aromatic rings. The second-order valence-corrected chi connectivity index (χ2v) is 5.92. The van der Waals surface area contributed by atoms with Crippen LogP contribution in [0.5, 0.6) is 0 Å². The van der Waals surface area contributed by atoms with Crippen molar-refractivity contribution in [2.45, 2.75) is 12.0 Å². The summed E-state index contributed by atoms with van der Waals surface area (Å²) in [5.74, 6) is -0.187. The van der Waals surface area contributed by atoms with Crippen LogP contribution in [0.25, 0.3) is 10.9 Å². The van der Waals surface area contributed by atoms with Crippen molar-refractivity contribution in [2.24, 2.45) is 0 Å². The Labute approximate surface area is 118 Å². The quantitative estimate of drug-likeness (QED) is 0.791. The first-order valence-electron chi connectivity index (χ1n) is 6.17. The van der Waals surface area contributed by atoms with Crippen molar-refractivity contribution in [1.29, 1.82) is 0 Å². The van der Waals surface area contributed by atoms with Gasteiger partial charge in [-0.3, -0.25) is 9.89 Å². The molecular formula is C13H13N3O3S. The Hall–Kier alpha value is -2.02. The van der Waals surface area contributed by atoms with Crippen LogP contribution in [0.4, 0.5) is 0 Å². The van der Waals surface area contributed by atoms with E-state index in [9.17, 15) is 14.7 Å². The van der Waals surface area contributed by atoms with Crippen LogP contribution in [0.1, 0.15) is 16.8 Å². The van der Waals surface area contributed by atoms with Gasteiger partial charge in [0.25, 0.3) is 5.91 Å². The average Bonchev–Trinajstić information content (AvgIpc) is 3.06. The first-order valence-corrected chi connectivity index (χ1v) is 7.33. The molecule has 0 aliphatic carbocycles. The van der Waals surface area contributed by atoms with E-state index in [-0.39, 0.29) is 5.91 Å². The van der Waals surface area contributed by atoms with Crippen LogP contribution in [0, 0.1) is 0 Å². The van der Waals surface area contributed by atoms with Crippen molar-refractivity contribution in [3.8, 4) is 0 Å². The molecule has 1 aliphatic heterocycles. The Bertz CT molecular complexity index is 676. The fourth-order valence-electron chi connectivity index (χ4n) is 2.26. The molecule has 1 aromatic heterocycles. The van der Waals surface area contributed by atoms with E-state index < -0.39 is 11.5 Å². The maximum Gasteiger partial charge on any atom is 0.330 e. The van der Waals surface area contributed by atoms with Crippen LogP contribution < -0.4 is 5.32 Å². The number of hydrogen-bond acceptors (Lipinski definition) is 4. The molecule has 1 unspecified atom stereocenters. The molecule has 104 valence electrons. The Morgan fingerprint density at radius 1 is 1.45 bits per heavy atom. The van der Waals surface area contributed by atoms with Gasteiger partial charge in [-0.15, -0.1) is 0 Å². The molecule has 2 heterocycles. The fraction of sp³-hybridized carbons (Fsp3) is 0.308. The van der Waals surface area contributed by atoms with Gasteiger partial charge in [0.05, 0.1) is 11.7 Å². The molecule has 0 radical (unpaired) electrons. The van der Waals surface area contributed by atoms with Crippen LogP contribution in [0.15, 0.2) is 24.4 Å². The molecule has 6 nitrogen and oxygen atoms in total. The minimum Gasteiger partial charge on any atom is -0.479 e. The summed E-state index contributed by atoms with van der Waals surface area (Å²) in [4.78, 5) is 23.7. The van der Waals surface area contributed by atoms with E-state index in [2.05, 4.69) is 15.5 Å². The van der Waals surface area contributed by atoms with E-state index in [0.29, 0.717) is 17.7 Å². The fourth-order valence-corrected chi connectivity index (χ4v) is 3.58. The summed E-state index contributed by atoms with van der Waals surface area (Å²) in [5.41, 5.74) is 0.134. The van der Waals surface area contributed by atoms with Crippen LogP contribution >= 0.6 is 11.8 Å². The zero-order chi connectivity index (χ0) is 14.2. The number of aliphatic carboxylic acids is 1. The zero-order valence-electron chi connectivity index (χ0n) is 10.5. The maximum absolute atomic E-state index is 12.3. The van der Waals surface area contributed by atoms with Crippen molar-refractivity contribution in [3.63, 3.8) is 0 Å². The molecule has 0 spiro atoms. The van der Waals surface area contributed by atoms with Gasteiger partial charge in [-0.05, 0) is 30.4 Å². The maximum atomic E-state index is 12.3. The summed E-state index contributed by atoms with van der Waals surface area (Å²) in [6.07, 6.45) is 2.08. The lowest BCUT2D eigenvalue weighted by molar-refractivity contribution is -0.143. The molecule has 1 aromatic carbocycles. The molecule has 1 aliphatic rings. The van der Waals surface area contributed by atoms with Gasteiger partial charge in [-0.2, -0.15) is 16.9 Å². The van der Waals surface area contributed by atoms with E-state index in [4.69, 9.17) is 0 Å². The molecule has 0 saturated carbocycles. The number of hydrogen-bond donors (Lipinski definition) is 3. The number of carboxylic acid groups (broad SMARTS) is 1. The standard InChI is InChI=1S/C13H13N3O3S/c17-11(15-13(12(18)19)3-4-20-7-13)8-1-2-10-9(5-8)6-14-16-10/h1-2,5-6H,3-4,7H2,(H,14,16)(H,15,17)(H,18,19). The Morgan fingerprint density at radius 3 is 3.00 bits per heavy atom. The first-order chi connectivity index (χ1) is 9.61. The van der Waals surface area contributed by atoms with Gasteiger partial charge in [0.15, 0.2) is 0 Å². The number of H-pyrrole nitrogens is 1. The van der Waals surface area contributed by atoms with Crippen molar-refractivity contribution < 1.29 is 14.7 Å². The van der Waals surface area contributed by atoms with Crippen LogP contribution in [0.3, 0.4) is 0 Å². The highest BCUT2D eigenvalue weighted by atomic mass is 32.2. The smallest absolute Gasteiger partial charge is 0.330 e. The third kappa shape index (κ3) is 2.14. The Balaban J connectivity index is 1.86. The van der Waals surface area contributed by atoms with Crippen molar-refractivity contribution in [2.75, 3.05) is 11.5 Å². The number of carbonyl (C=O) groups is 2. The number of carboxylic acids is 1. The predicted molar refractivity (Wildman–Crippen MR) is 75.9 cm³/mol. The number of thioether (sulfide) groups is 1. The van der Waals surface area contributed by atoms with Gasteiger partial charge in [-0.1, -0.05) is 0 Å². The monoisotopic (exact) mass is 291 g/mol. The largest absolute Gasteiger partial charge is 0.479 e. The number of aromatic amines is 1. The van der Waals surface area contributed by atoms with Gasteiger partial charge in [0, 0.05) is 16.7 Å². The van der Waals surface area contributed by atoms with Gasteiger partial charge >= 0.3 is 5.97 Å². The van der Waals surface area contributed by atoms with E-state index in [1.54, 1.807) is 24.4 Å². The third-order valence-electron chi connectivity index (χ3n) is 3.49. The molecule has 1 amide bonds. The minimum atomic E-state index is -1.15. The summed E-state index contributed by atoms with van der Waals surface area (Å²) in [6, 6.07) is 5.12. The SMILES string of the molecule is O=C(NC1(C(=O)O)CCSC1)c1ccc2[nH]ncc2c1. The molecule has 1 atom stereocenters. The van der Waals surface area contributed by atoms with E-state index in [0.717, 1.165) is 16.7 Å². The normalized spacial score (nSPS) is 22.0. The highest BCUT2D eigenvalue weighted by Crippen LogP contribution is 2.28. The van der Waals surface area contributed by atoms with Gasteiger partial charge in [0.2, 0.25) is 0 Å². The van der Waals surface area contributed by atoms with Crippen molar-refractivity contribution in [1.82, 2.24) is 15.5 Å². The summed E-state index contributed by atoms with van der Waals surface area (Å²) >= 11 is 1.54. The van der Waals surface area contributed by atoms with Gasteiger partial charge in [0.1, 0.15) is 5.54 Å². The van der Waals surface area contributed by atoms with E-state index >= 15 is 0 Å². The van der Waals surface area contributed by atoms with Crippen LogP contribution in [0.2, 0.25) is 0 Å². The topological polar surface area (TPSA) is 95.1 Å². The summed E-state index contributed by atoms with van der Waals surface area (Å²) in [6.45, 7) is 0. The van der Waals surface area contributed by atoms with Gasteiger partial charge in [-0.25, -0.2) is 4.79 Å². The molecule has 3 N–H and O–H groups in total. The summed E-state index contributed by atoms with van der Waals surface area (Å²) in [7, 11) is 0. The number of amides is 1. The number of benzene rings is 1. The number of nitrogens with one attached hydrogen (secondary N) is 2. The Kier molecular flexibility index (Phi) is 3.13. The van der Waals surface area contributed by atoms with E-state index in [1.807, 2.05) is 0 Å². The number of nitrogens with zero attached hydrogens (tertiary/aromatic N) is 1. The van der Waals surface area contributed by atoms with Gasteiger partial charge < -0.3 is 10.4 Å². The van der Waals surface area contributed by atoms with Crippen molar-refractivity contribution >= 4 is 34.5 Å². The molecule has 7 heteroatoms. The van der Waals surface area contributed by atoms with Crippen LogP contribution in [-0.4, -0.2) is 44.2 Å². The number of rotatable bonds is 3. The minimum absolute atomic E-state index is 0.363. The number of fused-ring (bicyclic) bond motifs is 1. The third-order valence-corrected chi connectivity index (χ3v) is 4.68. The summed E-state index contributed by atoms with van der Waals surface area (Å²) in [5, 5.41) is 19.6. The summed E-state index contributed by atoms with van der Waals surface area (Å²) < 4.78 is 0. The lowest BCUT2D eigenvalue weighted by Crippen LogP contribution is -2.54. The first kappa shape index (κ1) is 13.0. The second-order valence-electron chi connectivity index (χ2n) is 4.82. The molecule has 1 fully saturated rings. The molecule has 0 bridgehead atoms. The molecular weight excluding hydrogens is 278 g/mol. The predicted octanol–water partition coefficient (Wildman–Crippen LogP) is 1.25. The number of carbonyl (C=O) groups excluding carboxylic acids is 1. The second kappa shape index (κ2) is 4.82.